The maximum atomic E-state index is 12.2. The summed E-state index contributed by atoms with van der Waals surface area (Å²) >= 11 is 7.48. The van der Waals surface area contributed by atoms with Crippen molar-refractivity contribution in [2.45, 2.75) is 13.0 Å². The maximum absolute atomic E-state index is 12.2. The van der Waals surface area contributed by atoms with Crippen molar-refractivity contribution >= 4 is 28.8 Å². The van der Waals surface area contributed by atoms with Crippen LogP contribution in [0.3, 0.4) is 0 Å². The molecule has 3 nitrogen and oxygen atoms in total. The lowest BCUT2D eigenvalue weighted by molar-refractivity contribution is 0.0944. The molecular formula is C16H15ClN2OS. The molecule has 0 spiro atoms. The lowest BCUT2D eigenvalue weighted by Gasteiger charge is -2.14. The summed E-state index contributed by atoms with van der Waals surface area (Å²) in [6.07, 6.45) is 0. The van der Waals surface area contributed by atoms with Crippen LogP contribution in [-0.2, 0) is 0 Å². The largest absolute Gasteiger partial charge is 0.345 e. The highest BCUT2D eigenvalue weighted by Gasteiger charge is 2.14. The summed E-state index contributed by atoms with van der Waals surface area (Å²) in [4.78, 5) is 13.7. The van der Waals surface area contributed by atoms with Crippen molar-refractivity contribution < 1.29 is 4.79 Å². The van der Waals surface area contributed by atoms with Gasteiger partial charge in [-0.25, -0.2) is 0 Å². The number of carbonyl (C=O) groups excluding carboxylic acids is 1. The second kappa shape index (κ2) is 7.28. The summed E-state index contributed by atoms with van der Waals surface area (Å²) < 4.78 is 0. The lowest BCUT2D eigenvalue weighted by atomic mass is 10.1. The molecule has 1 aromatic heterocycles. The molecule has 0 aliphatic carbocycles. The van der Waals surface area contributed by atoms with Crippen LogP contribution < -0.4 is 11.1 Å². The zero-order valence-corrected chi connectivity index (χ0v) is 13.1. The van der Waals surface area contributed by atoms with Gasteiger partial charge in [0.15, 0.2) is 0 Å². The first kappa shape index (κ1) is 15.6. The molecule has 5 heteroatoms. The topological polar surface area (TPSA) is 55.1 Å². The Kier molecular flexibility index (Phi) is 5.40. The zero-order valence-electron chi connectivity index (χ0n) is 11.5. The van der Waals surface area contributed by atoms with E-state index in [1.165, 1.54) is 11.3 Å². The third kappa shape index (κ3) is 4.08. The molecule has 2 rings (SSSR count). The maximum Gasteiger partial charge on any atom is 0.261 e. The first-order valence-electron chi connectivity index (χ1n) is 6.46. The van der Waals surface area contributed by atoms with Crippen LogP contribution in [-0.4, -0.2) is 12.5 Å². The van der Waals surface area contributed by atoms with Crippen LogP contribution in [0, 0.1) is 11.8 Å². The molecule has 0 aliphatic rings. The molecule has 108 valence electrons. The van der Waals surface area contributed by atoms with Crippen LogP contribution in [0.4, 0.5) is 0 Å². The third-order valence-corrected chi connectivity index (χ3v) is 4.21. The standard InChI is InChI=1S/C16H15ClN2OS/c1-11(13-6-2-3-7-14(13)17)19-16(20)15-9-8-12(21-15)5-4-10-18/h2-3,6-9,11H,10,18H2,1H3,(H,19,20). The van der Waals surface area contributed by atoms with Gasteiger partial charge in [-0.15, -0.1) is 11.3 Å². The Balaban J connectivity index is 2.07. The number of thiophene rings is 1. The molecule has 0 radical (unpaired) electrons. The highest BCUT2D eigenvalue weighted by atomic mass is 35.5. The van der Waals surface area contributed by atoms with Crippen molar-refractivity contribution in [2.24, 2.45) is 5.73 Å². The summed E-state index contributed by atoms with van der Waals surface area (Å²) in [5, 5.41) is 3.58. The molecule has 0 bridgehead atoms. The summed E-state index contributed by atoms with van der Waals surface area (Å²) in [5.41, 5.74) is 6.22. The van der Waals surface area contributed by atoms with Crippen LogP contribution in [0.1, 0.15) is 33.1 Å². The molecule has 0 aliphatic heterocycles. The van der Waals surface area contributed by atoms with Gasteiger partial charge in [-0.1, -0.05) is 41.6 Å². The minimum atomic E-state index is -0.160. The molecule has 0 fully saturated rings. The Labute approximate surface area is 133 Å². The van der Waals surface area contributed by atoms with Gasteiger partial charge in [0.2, 0.25) is 0 Å². The van der Waals surface area contributed by atoms with Crippen molar-refractivity contribution in [3.63, 3.8) is 0 Å². The normalized spacial score (nSPS) is 11.4. The summed E-state index contributed by atoms with van der Waals surface area (Å²) in [7, 11) is 0. The summed E-state index contributed by atoms with van der Waals surface area (Å²) in [6, 6.07) is 10.9. The highest BCUT2D eigenvalue weighted by Crippen LogP contribution is 2.23. The molecule has 2 aromatic rings. The van der Waals surface area contributed by atoms with Gasteiger partial charge in [0.25, 0.3) is 5.91 Å². The van der Waals surface area contributed by atoms with Gasteiger partial charge >= 0.3 is 0 Å². The van der Waals surface area contributed by atoms with Crippen molar-refractivity contribution in [1.82, 2.24) is 5.32 Å². The quantitative estimate of drug-likeness (QED) is 0.854. The van der Waals surface area contributed by atoms with Crippen LogP contribution in [0.2, 0.25) is 5.02 Å². The predicted molar refractivity (Wildman–Crippen MR) is 87.6 cm³/mol. The number of rotatable bonds is 3. The van der Waals surface area contributed by atoms with Crippen LogP contribution in [0.25, 0.3) is 0 Å². The van der Waals surface area contributed by atoms with Gasteiger partial charge < -0.3 is 11.1 Å². The highest BCUT2D eigenvalue weighted by molar-refractivity contribution is 7.14. The van der Waals surface area contributed by atoms with Gasteiger partial charge in [0, 0.05) is 5.02 Å². The Morgan fingerprint density at radius 1 is 1.38 bits per heavy atom. The molecule has 0 saturated carbocycles. The molecule has 1 aromatic carbocycles. The predicted octanol–water partition coefficient (Wildman–Crippen LogP) is 3.20. The lowest BCUT2D eigenvalue weighted by Crippen LogP contribution is -2.26. The van der Waals surface area contributed by atoms with E-state index in [9.17, 15) is 4.79 Å². The monoisotopic (exact) mass is 318 g/mol. The van der Waals surface area contributed by atoms with Crippen molar-refractivity contribution in [2.75, 3.05) is 6.54 Å². The summed E-state index contributed by atoms with van der Waals surface area (Å²) in [6.45, 7) is 2.21. The zero-order chi connectivity index (χ0) is 15.2. The van der Waals surface area contributed by atoms with Gasteiger partial charge in [0.05, 0.1) is 22.3 Å². The van der Waals surface area contributed by atoms with E-state index < -0.39 is 0 Å². The Morgan fingerprint density at radius 3 is 2.86 bits per heavy atom. The average molecular weight is 319 g/mol. The number of amides is 1. The molecule has 0 saturated heterocycles. The van der Waals surface area contributed by atoms with Gasteiger partial charge in [-0.05, 0) is 30.7 Å². The number of halogens is 1. The number of carbonyl (C=O) groups is 1. The Hall–Kier alpha value is -1.80. The van der Waals surface area contributed by atoms with Crippen LogP contribution >= 0.6 is 22.9 Å². The van der Waals surface area contributed by atoms with Gasteiger partial charge in [-0.3, -0.25) is 4.79 Å². The van der Waals surface area contributed by atoms with Crippen LogP contribution in [0.15, 0.2) is 36.4 Å². The first-order valence-corrected chi connectivity index (χ1v) is 7.65. The van der Waals surface area contributed by atoms with Gasteiger partial charge in [0.1, 0.15) is 0 Å². The summed E-state index contributed by atoms with van der Waals surface area (Å²) in [5.74, 6) is 5.55. The molecular weight excluding hydrogens is 304 g/mol. The van der Waals surface area contributed by atoms with E-state index in [2.05, 4.69) is 17.2 Å². The van der Waals surface area contributed by atoms with Crippen molar-refractivity contribution in [3.8, 4) is 11.8 Å². The number of hydrogen-bond donors (Lipinski definition) is 2. The molecule has 1 atom stereocenters. The minimum Gasteiger partial charge on any atom is -0.345 e. The van der Waals surface area contributed by atoms with E-state index in [0.29, 0.717) is 16.4 Å². The minimum absolute atomic E-state index is 0.131. The number of nitrogens with two attached hydrogens (primary N) is 1. The van der Waals surface area contributed by atoms with E-state index in [1.54, 1.807) is 6.07 Å². The van der Waals surface area contributed by atoms with E-state index >= 15 is 0 Å². The van der Waals surface area contributed by atoms with Crippen molar-refractivity contribution in [1.29, 1.82) is 0 Å². The smallest absolute Gasteiger partial charge is 0.261 e. The number of hydrogen-bond acceptors (Lipinski definition) is 3. The molecule has 1 amide bonds. The van der Waals surface area contributed by atoms with E-state index in [4.69, 9.17) is 17.3 Å². The first-order chi connectivity index (χ1) is 10.1. The number of benzene rings is 1. The fraction of sp³-hybridized carbons (Fsp3) is 0.188. The molecule has 3 N–H and O–H groups in total. The molecule has 1 unspecified atom stereocenters. The third-order valence-electron chi connectivity index (χ3n) is 2.86. The average Bonchev–Trinajstić information content (AvgIpc) is 2.94. The fourth-order valence-corrected chi connectivity index (χ4v) is 2.92. The molecule has 1 heterocycles. The second-order valence-electron chi connectivity index (χ2n) is 4.39. The Bertz CT molecular complexity index is 700. The fourth-order valence-electron chi connectivity index (χ4n) is 1.84. The van der Waals surface area contributed by atoms with Crippen molar-refractivity contribution in [3.05, 3.63) is 56.7 Å². The SMILES string of the molecule is CC(NC(=O)c1ccc(C#CCN)s1)c1ccccc1Cl. The van der Waals surface area contributed by atoms with E-state index in [1.807, 2.05) is 37.3 Å². The van der Waals surface area contributed by atoms with E-state index in [-0.39, 0.29) is 11.9 Å². The Morgan fingerprint density at radius 2 is 2.14 bits per heavy atom. The molecule has 21 heavy (non-hydrogen) atoms. The van der Waals surface area contributed by atoms with Crippen LogP contribution in [0.5, 0.6) is 0 Å². The van der Waals surface area contributed by atoms with Gasteiger partial charge in [-0.2, -0.15) is 0 Å². The second-order valence-corrected chi connectivity index (χ2v) is 5.88. The number of nitrogens with one attached hydrogen (secondary N) is 1. The van der Waals surface area contributed by atoms with E-state index in [0.717, 1.165) is 10.4 Å².